The summed E-state index contributed by atoms with van der Waals surface area (Å²) in [7, 11) is 0. The zero-order valence-corrected chi connectivity index (χ0v) is 30.2. The molecule has 0 fully saturated rings. The Morgan fingerprint density at radius 2 is 0.741 bits per heavy atom. The number of hydrogen-bond acceptors (Lipinski definition) is 2. The third-order valence-corrected chi connectivity index (χ3v) is 12.1. The standard InChI is InChI=1S/C52H33NS/c1-3-12-45-35(8-1)16-18-37-20-22-40(31-49(37)45)34-24-26-42(27-25-34)53(44-28-29-48-47-14-5-6-15-51(47)54-52(48)33-44)43-11-7-10-39(30-43)41-23-21-38-19-17-36-9-2-4-13-46(36)50(38)32-41/h1-33H. The van der Waals surface area contributed by atoms with Crippen LogP contribution in [0.25, 0.3) is 85.5 Å². The van der Waals surface area contributed by atoms with E-state index in [4.69, 9.17) is 0 Å². The first-order chi connectivity index (χ1) is 26.7. The predicted octanol–water partition coefficient (Wildman–Crippen LogP) is 15.5. The second-order valence-corrected chi connectivity index (χ2v) is 15.2. The average molecular weight is 704 g/mol. The molecule has 0 aliphatic heterocycles. The van der Waals surface area contributed by atoms with E-state index in [0.717, 1.165) is 17.1 Å². The summed E-state index contributed by atoms with van der Waals surface area (Å²) in [6.07, 6.45) is 0. The molecule has 0 unspecified atom stereocenters. The molecule has 11 aromatic rings. The maximum atomic E-state index is 2.40. The predicted molar refractivity (Wildman–Crippen MR) is 235 cm³/mol. The van der Waals surface area contributed by atoms with Gasteiger partial charge in [-0.25, -0.2) is 0 Å². The van der Waals surface area contributed by atoms with Gasteiger partial charge in [-0.05, 0) is 120 Å². The maximum absolute atomic E-state index is 2.40. The van der Waals surface area contributed by atoms with Gasteiger partial charge < -0.3 is 4.90 Å². The lowest BCUT2D eigenvalue weighted by Gasteiger charge is -2.26. The molecule has 2 heteroatoms. The number of benzene rings is 10. The highest BCUT2D eigenvalue weighted by Gasteiger charge is 2.16. The van der Waals surface area contributed by atoms with Gasteiger partial charge in [0.2, 0.25) is 0 Å². The van der Waals surface area contributed by atoms with Crippen LogP contribution in [0.4, 0.5) is 17.1 Å². The van der Waals surface area contributed by atoms with Gasteiger partial charge in [-0.2, -0.15) is 0 Å². The minimum atomic E-state index is 1.12. The summed E-state index contributed by atoms with van der Waals surface area (Å²) < 4.78 is 2.60. The molecule has 1 nitrogen and oxygen atoms in total. The van der Waals surface area contributed by atoms with Crippen LogP contribution in [0.2, 0.25) is 0 Å². The van der Waals surface area contributed by atoms with Crippen molar-refractivity contribution < 1.29 is 0 Å². The lowest BCUT2D eigenvalue weighted by atomic mass is 9.96. The van der Waals surface area contributed by atoms with Crippen molar-refractivity contribution in [2.24, 2.45) is 0 Å². The fraction of sp³-hybridized carbons (Fsp3) is 0. The fourth-order valence-corrected chi connectivity index (χ4v) is 9.43. The smallest absolute Gasteiger partial charge is 0.0476 e. The molecular weight excluding hydrogens is 671 g/mol. The molecular formula is C52H33NS. The van der Waals surface area contributed by atoms with Crippen molar-refractivity contribution in [3.05, 3.63) is 200 Å². The van der Waals surface area contributed by atoms with Crippen molar-refractivity contribution in [1.82, 2.24) is 0 Å². The summed E-state index contributed by atoms with van der Waals surface area (Å²) in [6, 6.07) is 73.6. The van der Waals surface area contributed by atoms with Crippen LogP contribution < -0.4 is 4.90 Å². The minimum Gasteiger partial charge on any atom is -0.310 e. The summed E-state index contributed by atoms with van der Waals surface area (Å²) in [5, 5.41) is 12.8. The van der Waals surface area contributed by atoms with Crippen molar-refractivity contribution >= 4 is 91.7 Å². The highest BCUT2D eigenvalue weighted by Crippen LogP contribution is 2.42. The van der Waals surface area contributed by atoms with E-state index in [9.17, 15) is 0 Å². The molecule has 0 aliphatic carbocycles. The van der Waals surface area contributed by atoms with Crippen LogP contribution in [0.1, 0.15) is 0 Å². The molecule has 10 aromatic carbocycles. The molecule has 0 spiro atoms. The van der Waals surface area contributed by atoms with Crippen molar-refractivity contribution in [2.75, 3.05) is 4.90 Å². The summed E-state index contributed by atoms with van der Waals surface area (Å²) in [5.41, 5.74) is 8.19. The number of anilines is 3. The Bertz CT molecular complexity index is 3230. The lowest BCUT2D eigenvalue weighted by molar-refractivity contribution is 1.29. The Balaban J connectivity index is 1.04. The van der Waals surface area contributed by atoms with Crippen LogP contribution in [0.3, 0.4) is 0 Å². The Morgan fingerprint density at radius 3 is 1.43 bits per heavy atom. The van der Waals surface area contributed by atoms with Gasteiger partial charge in [0.25, 0.3) is 0 Å². The Hall–Kier alpha value is -6.74. The number of hydrogen-bond donors (Lipinski definition) is 0. The molecule has 0 saturated carbocycles. The molecule has 0 saturated heterocycles. The molecule has 252 valence electrons. The number of rotatable bonds is 5. The largest absolute Gasteiger partial charge is 0.310 e. The van der Waals surface area contributed by atoms with Crippen LogP contribution in [-0.4, -0.2) is 0 Å². The van der Waals surface area contributed by atoms with Gasteiger partial charge in [-0.15, -0.1) is 11.3 Å². The van der Waals surface area contributed by atoms with Crippen LogP contribution in [0, 0.1) is 0 Å². The summed E-state index contributed by atoms with van der Waals surface area (Å²) in [4.78, 5) is 2.40. The Morgan fingerprint density at radius 1 is 0.259 bits per heavy atom. The highest BCUT2D eigenvalue weighted by molar-refractivity contribution is 7.25. The SMILES string of the molecule is c1cc(-c2ccc3ccc4ccccc4c3c2)cc(N(c2ccc(-c3ccc4ccc5ccccc5c4c3)cc2)c2ccc3c(c2)sc2ccccc23)c1. The highest BCUT2D eigenvalue weighted by atomic mass is 32.1. The maximum Gasteiger partial charge on any atom is 0.0476 e. The Kier molecular flexibility index (Phi) is 7.11. The molecule has 1 aromatic heterocycles. The zero-order chi connectivity index (χ0) is 35.6. The first kappa shape index (κ1) is 30.8. The van der Waals surface area contributed by atoms with Gasteiger partial charge in [-0.3, -0.25) is 0 Å². The second kappa shape index (κ2) is 12.4. The van der Waals surface area contributed by atoms with E-state index in [2.05, 4.69) is 205 Å². The van der Waals surface area contributed by atoms with Crippen molar-refractivity contribution in [1.29, 1.82) is 0 Å². The van der Waals surface area contributed by atoms with Gasteiger partial charge >= 0.3 is 0 Å². The molecule has 0 amide bonds. The van der Waals surface area contributed by atoms with E-state index in [-0.39, 0.29) is 0 Å². The topological polar surface area (TPSA) is 3.24 Å². The minimum absolute atomic E-state index is 1.12. The third-order valence-electron chi connectivity index (χ3n) is 11.0. The van der Waals surface area contributed by atoms with Gasteiger partial charge in [0, 0.05) is 37.2 Å². The zero-order valence-electron chi connectivity index (χ0n) is 29.4. The first-order valence-corrected chi connectivity index (χ1v) is 19.3. The van der Waals surface area contributed by atoms with E-state index in [1.807, 2.05) is 11.3 Å². The van der Waals surface area contributed by atoms with E-state index in [1.165, 1.54) is 85.5 Å². The van der Waals surface area contributed by atoms with Gasteiger partial charge in [0.15, 0.2) is 0 Å². The van der Waals surface area contributed by atoms with Crippen molar-refractivity contribution in [3.63, 3.8) is 0 Å². The Labute approximate surface area is 317 Å². The summed E-state index contributed by atoms with van der Waals surface area (Å²) in [5.74, 6) is 0. The molecule has 0 N–H and O–H groups in total. The van der Waals surface area contributed by atoms with Gasteiger partial charge in [-0.1, -0.05) is 146 Å². The number of nitrogens with zero attached hydrogens (tertiary/aromatic N) is 1. The van der Waals surface area contributed by atoms with E-state index in [1.54, 1.807) is 0 Å². The molecule has 11 rings (SSSR count). The molecule has 0 bridgehead atoms. The summed E-state index contributed by atoms with van der Waals surface area (Å²) in [6.45, 7) is 0. The second-order valence-electron chi connectivity index (χ2n) is 14.2. The molecule has 54 heavy (non-hydrogen) atoms. The van der Waals surface area contributed by atoms with Crippen LogP contribution in [0.5, 0.6) is 0 Å². The van der Waals surface area contributed by atoms with Gasteiger partial charge in [0.1, 0.15) is 0 Å². The lowest BCUT2D eigenvalue weighted by Crippen LogP contribution is -2.09. The van der Waals surface area contributed by atoms with Crippen LogP contribution in [-0.2, 0) is 0 Å². The van der Waals surface area contributed by atoms with E-state index < -0.39 is 0 Å². The average Bonchev–Trinajstić information content (AvgIpc) is 3.62. The fourth-order valence-electron chi connectivity index (χ4n) is 8.29. The monoisotopic (exact) mass is 703 g/mol. The number of thiophene rings is 1. The van der Waals surface area contributed by atoms with Gasteiger partial charge in [0.05, 0.1) is 0 Å². The third kappa shape index (κ3) is 5.15. The van der Waals surface area contributed by atoms with Crippen LogP contribution in [0.15, 0.2) is 200 Å². The molecule has 0 radical (unpaired) electrons. The normalized spacial score (nSPS) is 11.7. The van der Waals surface area contributed by atoms with Crippen LogP contribution >= 0.6 is 11.3 Å². The number of fused-ring (bicyclic) bond motifs is 9. The van der Waals surface area contributed by atoms with E-state index >= 15 is 0 Å². The van der Waals surface area contributed by atoms with E-state index in [0.29, 0.717) is 0 Å². The van der Waals surface area contributed by atoms with Crippen molar-refractivity contribution in [3.8, 4) is 22.3 Å². The van der Waals surface area contributed by atoms with Crippen molar-refractivity contribution in [2.45, 2.75) is 0 Å². The first-order valence-electron chi connectivity index (χ1n) is 18.5. The molecule has 0 atom stereocenters. The summed E-state index contributed by atoms with van der Waals surface area (Å²) >= 11 is 1.86. The molecule has 0 aliphatic rings. The quantitative estimate of drug-likeness (QED) is 0.161. The molecule has 1 heterocycles.